The van der Waals surface area contributed by atoms with Gasteiger partial charge in [0.15, 0.2) is 0 Å². The Morgan fingerprint density at radius 1 is 1.00 bits per heavy atom. The van der Waals surface area contributed by atoms with Gasteiger partial charge in [0.2, 0.25) is 5.91 Å². The van der Waals surface area contributed by atoms with Gasteiger partial charge in [-0.25, -0.2) is 4.98 Å². The summed E-state index contributed by atoms with van der Waals surface area (Å²) in [5.41, 5.74) is 3.00. The number of amides is 1. The van der Waals surface area contributed by atoms with E-state index in [0.717, 1.165) is 57.9 Å². The number of rotatable bonds is 9. The molecule has 1 aliphatic heterocycles. The fourth-order valence-electron chi connectivity index (χ4n) is 4.68. The number of hydrogen-bond donors (Lipinski definition) is 0. The molecule has 1 aliphatic rings. The first-order chi connectivity index (χ1) is 17.1. The number of fused-ring (bicyclic) bond motifs is 1. The molecule has 1 aromatic heterocycles. The molecule has 1 atom stereocenters. The maximum absolute atomic E-state index is 13.0. The average Bonchev–Trinajstić information content (AvgIpc) is 3.44. The first-order valence-electron chi connectivity index (χ1n) is 11.9. The smallest absolute Gasteiger partial charge is 0.227 e. The van der Waals surface area contributed by atoms with Gasteiger partial charge in [-0.15, -0.1) is 0 Å². The molecule has 3 aromatic carbocycles. The lowest BCUT2D eigenvalue weighted by Crippen LogP contribution is -2.25. The monoisotopic (exact) mass is 533 g/mol. The standard InChI is InChI=1S/C28H28BrN3O3/c1-34-21-9-8-10-22(18-21)35-16-7-6-15-31-26-14-5-3-12-24(26)30-28(31)20-17-27(33)32(19-20)25-13-4-2-11-23(25)29/h2-5,8-14,18,20H,6-7,15-17,19H2,1H3. The number of benzene rings is 3. The fourth-order valence-corrected chi connectivity index (χ4v) is 5.18. The minimum Gasteiger partial charge on any atom is -0.497 e. The van der Waals surface area contributed by atoms with Crippen molar-refractivity contribution >= 4 is 38.6 Å². The number of aromatic nitrogens is 2. The summed E-state index contributed by atoms with van der Waals surface area (Å²) in [5, 5.41) is 0. The molecule has 0 N–H and O–H groups in total. The molecule has 180 valence electrons. The normalized spacial score (nSPS) is 15.7. The molecule has 0 bridgehead atoms. The van der Waals surface area contributed by atoms with Crippen molar-refractivity contribution in [2.45, 2.75) is 31.7 Å². The Labute approximate surface area is 213 Å². The van der Waals surface area contributed by atoms with Gasteiger partial charge in [-0.05, 0) is 65.2 Å². The van der Waals surface area contributed by atoms with Crippen LogP contribution in [0.2, 0.25) is 0 Å². The molecule has 0 spiro atoms. The van der Waals surface area contributed by atoms with Crippen LogP contribution in [0.1, 0.15) is 31.0 Å². The van der Waals surface area contributed by atoms with E-state index in [-0.39, 0.29) is 11.8 Å². The van der Waals surface area contributed by atoms with Crippen LogP contribution in [0.4, 0.5) is 5.69 Å². The van der Waals surface area contributed by atoms with Crippen LogP contribution in [0.5, 0.6) is 11.5 Å². The highest BCUT2D eigenvalue weighted by Crippen LogP contribution is 2.36. The van der Waals surface area contributed by atoms with Crippen molar-refractivity contribution in [1.29, 1.82) is 0 Å². The number of anilines is 1. The molecule has 2 heterocycles. The summed E-state index contributed by atoms with van der Waals surface area (Å²) in [4.78, 5) is 19.8. The van der Waals surface area contributed by atoms with Crippen LogP contribution in [-0.2, 0) is 11.3 Å². The van der Waals surface area contributed by atoms with Gasteiger partial charge < -0.3 is 18.9 Å². The molecule has 0 aliphatic carbocycles. The van der Waals surface area contributed by atoms with Crippen LogP contribution in [0.3, 0.4) is 0 Å². The van der Waals surface area contributed by atoms with Gasteiger partial charge in [0.1, 0.15) is 17.3 Å². The molecule has 4 aromatic rings. The van der Waals surface area contributed by atoms with E-state index in [9.17, 15) is 4.79 Å². The van der Waals surface area contributed by atoms with Gasteiger partial charge >= 0.3 is 0 Å². The Balaban J connectivity index is 1.29. The van der Waals surface area contributed by atoms with Crippen molar-refractivity contribution < 1.29 is 14.3 Å². The number of aryl methyl sites for hydroxylation is 1. The number of unbranched alkanes of at least 4 members (excludes halogenated alkanes) is 1. The molecule has 1 fully saturated rings. The second-order valence-corrected chi connectivity index (χ2v) is 9.56. The Bertz CT molecular complexity index is 1340. The molecule has 5 rings (SSSR count). The number of hydrogen-bond acceptors (Lipinski definition) is 4. The minimum absolute atomic E-state index is 0.0510. The molecular weight excluding hydrogens is 506 g/mol. The van der Waals surface area contributed by atoms with Gasteiger partial charge in [-0.1, -0.05) is 30.3 Å². The predicted molar refractivity (Wildman–Crippen MR) is 141 cm³/mol. The summed E-state index contributed by atoms with van der Waals surface area (Å²) in [7, 11) is 1.65. The number of imidazole rings is 1. The van der Waals surface area contributed by atoms with Gasteiger partial charge in [0.25, 0.3) is 0 Å². The molecule has 35 heavy (non-hydrogen) atoms. The molecule has 1 unspecified atom stereocenters. The second-order valence-electron chi connectivity index (χ2n) is 8.70. The third-order valence-corrected chi connectivity index (χ3v) is 7.07. The Kier molecular flexibility index (Phi) is 7.04. The zero-order valence-electron chi connectivity index (χ0n) is 19.7. The largest absolute Gasteiger partial charge is 0.497 e. The fraction of sp³-hybridized carbons (Fsp3) is 0.286. The van der Waals surface area contributed by atoms with Gasteiger partial charge in [-0.3, -0.25) is 4.79 Å². The van der Waals surface area contributed by atoms with E-state index in [1.807, 2.05) is 71.6 Å². The molecule has 0 radical (unpaired) electrons. The van der Waals surface area contributed by atoms with Crippen molar-refractivity contribution in [3.63, 3.8) is 0 Å². The Hall–Kier alpha value is -3.32. The van der Waals surface area contributed by atoms with Crippen molar-refractivity contribution in [2.75, 3.05) is 25.2 Å². The number of ether oxygens (including phenoxy) is 2. The molecular formula is C28H28BrN3O3. The van der Waals surface area contributed by atoms with Gasteiger partial charge in [-0.2, -0.15) is 0 Å². The minimum atomic E-state index is 0.0510. The zero-order valence-corrected chi connectivity index (χ0v) is 21.3. The summed E-state index contributed by atoms with van der Waals surface area (Å²) in [6, 6.07) is 23.8. The third-order valence-electron chi connectivity index (χ3n) is 6.40. The maximum atomic E-state index is 13.0. The lowest BCUT2D eigenvalue weighted by molar-refractivity contribution is -0.117. The molecule has 1 amide bonds. The zero-order chi connectivity index (χ0) is 24.2. The maximum Gasteiger partial charge on any atom is 0.227 e. The highest BCUT2D eigenvalue weighted by Gasteiger charge is 2.35. The Morgan fingerprint density at radius 2 is 1.80 bits per heavy atom. The van der Waals surface area contributed by atoms with E-state index in [4.69, 9.17) is 14.5 Å². The SMILES string of the molecule is COc1cccc(OCCCCn2c(C3CC(=O)N(c4ccccc4Br)C3)nc3ccccc32)c1. The summed E-state index contributed by atoms with van der Waals surface area (Å²) < 4.78 is 14.4. The van der Waals surface area contributed by atoms with Gasteiger partial charge in [0, 0.05) is 36.0 Å². The lowest BCUT2D eigenvalue weighted by Gasteiger charge is -2.18. The number of para-hydroxylation sites is 3. The summed E-state index contributed by atoms with van der Waals surface area (Å²) in [6.45, 7) is 2.09. The number of nitrogens with zero attached hydrogens (tertiary/aromatic N) is 3. The lowest BCUT2D eigenvalue weighted by atomic mass is 10.1. The number of methoxy groups -OCH3 is 1. The van der Waals surface area contributed by atoms with Crippen molar-refractivity contribution in [2.24, 2.45) is 0 Å². The number of halogens is 1. The summed E-state index contributed by atoms with van der Waals surface area (Å²) in [5.74, 6) is 2.78. The first-order valence-corrected chi connectivity index (χ1v) is 12.7. The summed E-state index contributed by atoms with van der Waals surface area (Å²) >= 11 is 3.59. The highest BCUT2D eigenvalue weighted by atomic mass is 79.9. The van der Waals surface area contributed by atoms with E-state index in [1.54, 1.807) is 7.11 Å². The Morgan fingerprint density at radius 3 is 2.66 bits per heavy atom. The van der Waals surface area contributed by atoms with Crippen molar-refractivity contribution in [3.8, 4) is 11.5 Å². The van der Waals surface area contributed by atoms with Crippen LogP contribution in [0, 0.1) is 0 Å². The topological polar surface area (TPSA) is 56.6 Å². The van der Waals surface area contributed by atoms with Crippen LogP contribution < -0.4 is 14.4 Å². The molecule has 7 heteroatoms. The van der Waals surface area contributed by atoms with Crippen molar-refractivity contribution in [1.82, 2.24) is 9.55 Å². The molecule has 6 nitrogen and oxygen atoms in total. The van der Waals surface area contributed by atoms with Crippen LogP contribution in [-0.4, -0.2) is 35.7 Å². The molecule has 1 saturated heterocycles. The second kappa shape index (κ2) is 10.5. The average molecular weight is 534 g/mol. The van der Waals surface area contributed by atoms with E-state index in [2.05, 4.69) is 26.6 Å². The van der Waals surface area contributed by atoms with E-state index in [1.165, 1.54) is 0 Å². The predicted octanol–water partition coefficient (Wildman–Crippen LogP) is 6.19. The number of carbonyl (C=O) groups is 1. The van der Waals surface area contributed by atoms with E-state index in [0.29, 0.717) is 19.6 Å². The first kappa shape index (κ1) is 23.4. The van der Waals surface area contributed by atoms with E-state index < -0.39 is 0 Å². The van der Waals surface area contributed by atoms with Crippen LogP contribution >= 0.6 is 15.9 Å². The van der Waals surface area contributed by atoms with Gasteiger partial charge in [0.05, 0.1) is 30.4 Å². The number of carbonyl (C=O) groups excluding carboxylic acids is 1. The quantitative estimate of drug-likeness (QED) is 0.241. The van der Waals surface area contributed by atoms with E-state index >= 15 is 0 Å². The summed E-state index contributed by atoms with van der Waals surface area (Å²) in [6.07, 6.45) is 2.32. The van der Waals surface area contributed by atoms with Crippen LogP contribution in [0.15, 0.2) is 77.3 Å². The molecule has 0 saturated carbocycles. The van der Waals surface area contributed by atoms with Crippen LogP contribution in [0.25, 0.3) is 11.0 Å². The van der Waals surface area contributed by atoms with Crippen molar-refractivity contribution in [3.05, 3.63) is 83.1 Å². The highest BCUT2D eigenvalue weighted by molar-refractivity contribution is 9.10. The third kappa shape index (κ3) is 5.05.